The molecule has 1 aromatic rings. The zero-order valence-corrected chi connectivity index (χ0v) is 7.67. The number of nitrogens with zero attached hydrogens (tertiary/aromatic N) is 3. The van der Waals surface area contributed by atoms with E-state index in [0.717, 1.165) is 0 Å². The number of imidazole rings is 1. The Morgan fingerprint density at radius 3 is 3.07 bits per heavy atom. The van der Waals surface area contributed by atoms with Gasteiger partial charge < -0.3 is 9.30 Å². The molecule has 0 saturated carbocycles. The van der Waals surface area contributed by atoms with Gasteiger partial charge in [-0.15, -0.1) is 0 Å². The maximum atomic E-state index is 11.2. The fourth-order valence-electron chi connectivity index (χ4n) is 0.831. The van der Waals surface area contributed by atoms with Crippen LogP contribution in [0, 0.1) is 11.3 Å². The Kier molecular flexibility index (Phi) is 3.44. The van der Waals surface area contributed by atoms with Crippen molar-refractivity contribution in [3.63, 3.8) is 0 Å². The van der Waals surface area contributed by atoms with Crippen molar-refractivity contribution in [1.82, 2.24) is 9.55 Å². The summed E-state index contributed by atoms with van der Waals surface area (Å²) in [6, 6.07) is 1.76. The zero-order chi connectivity index (χ0) is 10.4. The van der Waals surface area contributed by atoms with Gasteiger partial charge >= 0.3 is 5.97 Å². The Labute approximate surface area is 81.2 Å². The van der Waals surface area contributed by atoms with E-state index in [1.54, 1.807) is 25.4 Å². The summed E-state index contributed by atoms with van der Waals surface area (Å²) >= 11 is 0. The zero-order valence-electron chi connectivity index (χ0n) is 7.67. The molecule has 0 atom stereocenters. The highest BCUT2D eigenvalue weighted by Gasteiger charge is 2.09. The largest absolute Gasteiger partial charge is 0.462 e. The summed E-state index contributed by atoms with van der Waals surface area (Å²) in [6.45, 7) is 1.94. The lowest BCUT2D eigenvalue weighted by molar-refractivity contribution is -0.137. The summed E-state index contributed by atoms with van der Waals surface area (Å²) in [5.41, 5.74) is -0.0511. The molecule has 1 heterocycles. The van der Waals surface area contributed by atoms with Crippen molar-refractivity contribution < 1.29 is 9.53 Å². The number of hydrogen-bond donors (Lipinski definition) is 0. The van der Waals surface area contributed by atoms with Gasteiger partial charge in [0.1, 0.15) is 6.07 Å². The molecule has 0 unspecified atom stereocenters. The van der Waals surface area contributed by atoms with Gasteiger partial charge in [-0.1, -0.05) is 0 Å². The van der Waals surface area contributed by atoms with Crippen LogP contribution in [-0.2, 0) is 9.53 Å². The topological polar surface area (TPSA) is 67.9 Å². The molecule has 0 saturated heterocycles. The molecular weight excluding hydrogens is 182 g/mol. The summed E-state index contributed by atoms with van der Waals surface area (Å²) in [4.78, 5) is 14.9. The van der Waals surface area contributed by atoms with Crippen LogP contribution in [0.3, 0.4) is 0 Å². The molecule has 0 aliphatic rings. The van der Waals surface area contributed by atoms with Gasteiger partial charge in [0.15, 0.2) is 5.57 Å². The molecule has 1 rings (SSSR count). The second kappa shape index (κ2) is 4.82. The molecule has 0 aliphatic carbocycles. The fourth-order valence-corrected chi connectivity index (χ4v) is 0.831. The van der Waals surface area contributed by atoms with E-state index in [4.69, 9.17) is 5.26 Å². The molecule has 0 fully saturated rings. The molecule has 0 aromatic carbocycles. The van der Waals surface area contributed by atoms with Crippen molar-refractivity contribution in [2.24, 2.45) is 0 Å². The number of carbonyl (C=O) groups is 1. The van der Waals surface area contributed by atoms with Gasteiger partial charge in [0, 0.05) is 18.6 Å². The number of nitriles is 1. The lowest BCUT2D eigenvalue weighted by Crippen LogP contribution is -2.06. The second-order valence-electron chi connectivity index (χ2n) is 2.38. The highest BCUT2D eigenvalue weighted by atomic mass is 16.5. The highest BCUT2D eigenvalue weighted by Crippen LogP contribution is 1.99. The Morgan fingerprint density at radius 1 is 1.79 bits per heavy atom. The van der Waals surface area contributed by atoms with Crippen molar-refractivity contribution in [2.75, 3.05) is 6.61 Å². The van der Waals surface area contributed by atoms with Crippen LogP contribution >= 0.6 is 0 Å². The minimum absolute atomic E-state index is 0.0511. The van der Waals surface area contributed by atoms with Gasteiger partial charge in [0.05, 0.1) is 12.9 Å². The Bertz CT molecular complexity index is 373. The van der Waals surface area contributed by atoms with E-state index < -0.39 is 5.97 Å². The van der Waals surface area contributed by atoms with Crippen LogP contribution in [0.1, 0.15) is 6.92 Å². The number of carbonyl (C=O) groups excluding carboxylic acids is 1. The SMILES string of the molecule is CCOC(=O)/C(C#N)=C\n1ccnc1. The van der Waals surface area contributed by atoms with Gasteiger partial charge in [-0.3, -0.25) is 0 Å². The summed E-state index contributed by atoms with van der Waals surface area (Å²) in [7, 11) is 0. The first-order valence-corrected chi connectivity index (χ1v) is 4.04. The van der Waals surface area contributed by atoms with E-state index in [1.165, 1.54) is 17.1 Å². The summed E-state index contributed by atoms with van der Waals surface area (Å²) in [5, 5.41) is 8.67. The lowest BCUT2D eigenvalue weighted by Gasteiger charge is -1.98. The summed E-state index contributed by atoms with van der Waals surface area (Å²) < 4.78 is 6.19. The monoisotopic (exact) mass is 191 g/mol. The lowest BCUT2D eigenvalue weighted by atomic mass is 10.3. The molecule has 0 aliphatic heterocycles. The third kappa shape index (κ3) is 2.45. The van der Waals surface area contributed by atoms with Crippen LogP contribution in [-0.4, -0.2) is 22.1 Å². The molecule has 14 heavy (non-hydrogen) atoms. The summed E-state index contributed by atoms with van der Waals surface area (Å²) in [5.74, 6) is -0.622. The molecule has 0 spiro atoms. The minimum atomic E-state index is -0.622. The molecule has 72 valence electrons. The Hall–Kier alpha value is -2.09. The standard InChI is InChI=1S/C9H9N3O2/c1-2-14-9(13)8(5-10)6-12-4-3-11-7-12/h3-4,6-7H,2H2,1H3/b8-6-. The quantitative estimate of drug-likeness (QED) is 0.403. The van der Waals surface area contributed by atoms with Crippen LogP contribution < -0.4 is 0 Å². The number of hydrogen-bond acceptors (Lipinski definition) is 4. The molecule has 0 radical (unpaired) electrons. The van der Waals surface area contributed by atoms with E-state index in [0.29, 0.717) is 0 Å². The summed E-state index contributed by atoms with van der Waals surface area (Å²) in [6.07, 6.45) is 6.02. The van der Waals surface area contributed by atoms with Gasteiger partial charge in [0.2, 0.25) is 0 Å². The van der Waals surface area contributed by atoms with Gasteiger partial charge in [-0.25, -0.2) is 9.78 Å². The van der Waals surface area contributed by atoms with Crippen LogP contribution in [0.25, 0.3) is 6.20 Å². The second-order valence-corrected chi connectivity index (χ2v) is 2.38. The fraction of sp³-hybridized carbons (Fsp3) is 0.222. The molecule has 0 N–H and O–H groups in total. The number of aromatic nitrogens is 2. The van der Waals surface area contributed by atoms with Crippen LogP contribution in [0.2, 0.25) is 0 Å². The van der Waals surface area contributed by atoms with Gasteiger partial charge in [-0.2, -0.15) is 5.26 Å². The Balaban J connectivity index is 2.83. The van der Waals surface area contributed by atoms with E-state index >= 15 is 0 Å². The van der Waals surface area contributed by atoms with E-state index in [2.05, 4.69) is 9.72 Å². The number of rotatable bonds is 3. The van der Waals surface area contributed by atoms with E-state index in [-0.39, 0.29) is 12.2 Å². The van der Waals surface area contributed by atoms with Crippen molar-refractivity contribution in [2.45, 2.75) is 6.92 Å². The molecule has 5 heteroatoms. The van der Waals surface area contributed by atoms with Crippen LogP contribution in [0.15, 0.2) is 24.3 Å². The average Bonchev–Trinajstić information content (AvgIpc) is 2.66. The molecule has 1 aromatic heterocycles. The van der Waals surface area contributed by atoms with E-state index in [1.807, 2.05) is 0 Å². The van der Waals surface area contributed by atoms with Crippen LogP contribution in [0.5, 0.6) is 0 Å². The average molecular weight is 191 g/mol. The smallest absolute Gasteiger partial charge is 0.350 e. The number of ether oxygens (including phenoxy) is 1. The third-order valence-corrected chi connectivity index (χ3v) is 1.42. The highest BCUT2D eigenvalue weighted by molar-refractivity contribution is 5.96. The van der Waals surface area contributed by atoms with Gasteiger partial charge in [-0.05, 0) is 6.92 Å². The van der Waals surface area contributed by atoms with Crippen molar-refractivity contribution in [1.29, 1.82) is 5.26 Å². The van der Waals surface area contributed by atoms with E-state index in [9.17, 15) is 4.79 Å². The predicted molar refractivity (Wildman–Crippen MR) is 48.7 cm³/mol. The maximum absolute atomic E-state index is 11.2. The minimum Gasteiger partial charge on any atom is -0.462 e. The van der Waals surface area contributed by atoms with Crippen molar-refractivity contribution >= 4 is 12.2 Å². The third-order valence-electron chi connectivity index (χ3n) is 1.42. The predicted octanol–water partition coefficient (Wildman–Crippen LogP) is 0.811. The first kappa shape index (κ1) is 9.99. The molecule has 0 amide bonds. The molecular formula is C9H9N3O2. The number of esters is 1. The van der Waals surface area contributed by atoms with Crippen molar-refractivity contribution in [3.8, 4) is 6.07 Å². The molecule has 0 bridgehead atoms. The molecule has 5 nitrogen and oxygen atoms in total. The Morgan fingerprint density at radius 2 is 2.57 bits per heavy atom. The van der Waals surface area contributed by atoms with Crippen LogP contribution in [0.4, 0.5) is 0 Å². The first-order chi connectivity index (χ1) is 6.77. The maximum Gasteiger partial charge on any atom is 0.350 e. The first-order valence-electron chi connectivity index (χ1n) is 4.04. The van der Waals surface area contributed by atoms with Gasteiger partial charge in [0.25, 0.3) is 0 Å². The van der Waals surface area contributed by atoms with Crippen molar-refractivity contribution in [3.05, 3.63) is 24.3 Å². The normalized spacial score (nSPS) is 10.7.